The molecule has 0 fully saturated rings. The van der Waals surface area contributed by atoms with E-state index in [9.17, 15) is 13.2 Å². The minimum atomic E-state index is -3.50. The van der Waals surface area contributed by atoms with E-state index in [0.29, 0.717) is 41.5 Å². The second-order valence-electron chi connectivity index (χ2n) is 10.5. The van der Waals surface area contributed by atoms with Gasteiger partial charge in [-0.3, -0.25) is 9.10 Å². The molecule has 0 bridgehead atoms. The first-order valence-electron chi connectivity index (χ1n) is 13.5. The number of fused-ring (bicyclic) bond motifs is 1. The number of aryl methyl sites for hydroxylation is 1. The van der Waals surface area contributed by atoms with E-state index in [-0.39, 0.29) is 22.4 Å². The van der Waals surface area contributed by atoms with Crippen molar-refractivity contribution in [2.75, 3.05) is 74.0 Å². The summed E-state index contributed by atoms with van der Waals surface area (Å²) in [6, 6.07) is 9.07. The number of carbonyl (C=O) groups excluding carboxylic acids is 1. The molecule has 1 aliphatic heterocycles. The first-order chi connectivity index (χ1) is 20.3. The van der Waals surface area contributed by atoms with Crippen molar-refractivity contribution in [3.63, 3.8) is 0 Å². The number of nitrogens with two attached hydrogens (primary N) is 1. The minimum absolute atomic E-state index is 0.140. The molecule has 43 heavy (non-hydrogen) atoms. The predicted octanol–water partition coefficient (Wildman–Crippen LogP) is 3.83. The molecule has 230 valence electrons. The molecule has 3 aromatic rings. The molecule has 1 aromatic heterocycles. The first kappa shape index (κ1) is 31.9. The van der Waals surface area contributed by atoms with Crippen molar-refractivity contribution in [1.82, 2.24) is 14.9 Å². The zero-order valence-corrected chi connectivity index (χ0v) is 26.5. The number of carbonyl (C=O) groups is 1. The molecule has 1 aliphatic rings. The van der Waals surface area contributed by atoms with Gasteiger partial charge in [0.05, 0.1) is 36.6 Å². The summed E-state index contributed by atoms with van der Waals surface area (Å²) in [4.78, 5) is 25.1. The predicted molar refractivity (Wildman–Crippen MR) is 174 cm³/mol. The molecule has 2 heterocycles. The van der Waals surface area contributed by atoms with Crippen molar-refractivity contribution in [2.45, 2.75) is 12.8 Å². The Kier molecular flexibility index (Phi) is 9.68. The third kappa shape index (κ3) is 7.29. The molecule has 0 saturated heterocycles. The van der Waals surface area contributed by atoms with Crippen LogP contribution in [0, 0.1) is 0 Å². The standard InChI is InChI=1S/C29H37ClN8O4S/c1-18(27(31)39)20-15-23(25(42-5)16-24(20)37(4)14-13-36(2)3)34-29-32-17-21(30)28(35-29)33-22-11-7-9-19-10-8-12-38(26(19)22)43(6,40)41/h7,9,11,15-17H,1,8,10,12-14H2,2-6H3,(H2,31,39)(H2,32,33,34,35). The summed E-state index contributed by atoms with van der Waals surface area (Å²) in [7, 11) is 3.91. The van der Waals surface area contributed by atoms with Gasteiger partial charge in [0.25, 0.3) is 0 Å². The van der Waals surface area contributed by atoms with Crippen LogP contribution in [-0.4, -0.2) is 83.3 Å². The van der Waals surface area contributed by atoms with E-state index in [4.69, 9.17) is 22.1 Å². The molecule has 0 unspecified atom stereocenters. The van der Waals surface area contributed by atoms with Crippen molar-refractivity contribution < 1.29 is 17.9 Å². The summed E-state index contributed by atoms with van der Waals surface area (Å²) in [5.74, 6) is 0.273. The van der Waals surface area contributed by atoms with E-state index in [1.54, 1.807) is 18.2 Å². The fraction of sp³-hybridized carbons (Fsp3) is 0.345. The van der Waals surface area contributed by atoms with Gasteiger partial charge >= 0.3 is 0 Å². The lowest BCUT2D eigenvalue weighted by molar-refractivity contribution is -0.112. The Labute approximate surface area is 257 Å². The van der Waals surface area contributed by atoms with Gasteiger partial charge in [-0.2, -0.15) is 4.98 Å². The van der Waals surface area contributed by atoms with Crippen LogP contribution < -0.4 is 30.3 Å². The second kappa shape index (κ2) is 13.1. The summed E-state index contributed by atoms with van der Waals surface area (Å²) < 4.78 is 32.2. The molecular weight excluding hydrogens is 592 g/mol. The van der Waals surface area contributed by atoms with E-state index in [2.05, 4.69) is 32.1 Å². The van der Waals surface area contributed by atoms with Gasteiger partial charge in [-0.25, -0.2) is 13.4 Å². The van der Waals surface area contributed by atoms with Gasteiger partial charge in [-0.1, -0.05) is 30.3 Å². The van der Waals surface area contributed by atoms with Gasteiger partial charge in [0.1, 0.15) is 10.8 Å². The van der Waals surface area contributed by atoms with Crippen LogP contribution in [-0.2, 0) is 21.2 Å². The highest BCUT2D eigenvalue weighted by Gasteiger charge is 2.27. The van der Waals surface area contributed by atoms with Crippen LogP contribution in [0.2, 0.25) is 5.02 Å². The molecule has 2 aromatic carbocycles. The number of ether oxygens (including phenoxy) is 1. The van der Waals surface area contributed by atoms with E-state index >= 15 is 0 Å². The SMILES string of the molecule is C=C(C(N)=O)c1cc(Nc2ncc(Cl)c(Nc3cccc4c3N(S(C)(=O)=O)CCC4)n2)c(OC)cc1N(C)CCN(C)C. The zero-order chi connectivity index (χ0) is 31.5. The summed E-state index contributed by atoms with van der Waals surface area (Å²) in [5.41, 5.74) is 9.52. The number of nitrogens with zero attached hydrogens (tertiary/aromatic N) is 5. The molecule has 0 saturated carbocycles. The van der Waals surface area contributed by atoms with Gasteiger partial charge in [-0.05, 0) is 44.6 Å². The van der Waals surface area contributed by atoms with Crippen molar-refractivity contribution in [3.8, 4) is 5.75 Å². The van der Waals surface area contributed by atoms with Crippen LogP contribution in [0.1, 0.15) is 17.5 Å². The van der Waals surface area contributed by atoms with Crippen LogP contribution in [0.25, 0.3) is 5.57 Å². The molecule has 0 atom stereocenters. The molecule has 0 radical (unpaired) electrons. The third-order valence-electron chi connectivity index (χ3n) is 7.05. The quantitative estimate of drug-likeness (QED) is 0.253. The van der Waals surface area contributed by atoms with E-state index in [1.165, 1.54) is 23.9 Å². The largest absolute Gasteiger partial charge is 0.494 e. The van der Waals surface area contributed by atoms with E-state index < -0.39 is 15.9 Å². The van der Waals surface area contributed by atoms with Gasteiger partial charge in [0.15, 0.2) is 5.82 Å². The number of para-hydroxylation sites is 1. The number of hydrogen-bond donors (Lipinski definition) is 3. The Morgan fingerprint density at radius 2 is 1.93 bits per heavy atom. The summed E-state index contributed by atoms with van der Waals surface area (Å²) >= 11 is 6.48. The fourth-order valence-electron chi connectivity index (χ4n) is 4.80. The number of methoxy groups -OCH3 is 1. The maximum atomic E-state index is 12.6. The third-order valence-corrected chi connectivity index (χ3v) is 8.50. The number of halogens is 1. The smallest absolute Gasteiger partial charge is 0.248 e. The van der Waals surface area contributed by atoms with Crippen molar-refractivity contribution in [1.29, 1.82) is 0 Å². The topological polar surface area (TPSA) is 146 Å². The molecule has 0 spiro atoms. The monoisotopic (exact) mass is 628 g/mol. The minimum Gasteiger partial charge on any atom is -0.494 e. The summed E-state index contributed by atoms with van der Waals surface area (Å²) in [6.45, 7) is 5.75. The number of benzene rings is 2. The zero-order valence-electron chi connectivity index (χ0n) is 24.9. The number of aromatic nitrogens is 2. The van der Waals surface area contributed by atoms with Crippen LogP contribution in [0.4, 0.5) is 34.5 Å². The number of hydrogen-bond acceptors (Lipinski definition) is 10. The Bertz CT molecular complexity index is 1650. The summed E-state index contributed by atoms with van der Waals surface area (Å²) in [5, 5.41) is 6.59. The number of primary amides is 1. The molecule has 0 aliphatic carbocycles. The molecule has 1 amide bonds. The number of nitrogens with one attached hydrogen (secondary N) is 2. The second-order valence-corrected chi connectivity index (χ2v) is 12.8. The highest BCUT2D eigenvalue weighted by Crippen LogP contribution is 2.40. The Hall–Kier alpha value is -4.07. The van der Waals surface area contributed by atoms with E-state index in [1.807, 2.05) is 38.2 Å². The highest BCUT2D eigenvalue weighted by molar-refractivity contribution is 7.92. The van der Waals surface area contributed by atoms with Crippen LogP contribution >= 0.6 is 11.6 Å². The van der Waals surface area contributed by atoms with Gasteiger partial charge < -0.3 is 30.9 Å². The van der Waals surface area contributed by atoms with Crippen LogP contribution in [0.5, 0.6) is 5.75 Å². The number of anilines is 6. The van der Waals surface area contributed by atoms with Crippen molar-refractivity contribution in [3.05, 3.63) is 59.3 Å². The molecule has 12 nitrogen and oxygen atoms in total. The number of rotatable bonds is 12. The average Bonchev–Trinajstić information content (AvgIpc) is 2.96. The lowest BCUT2D eigenvalue weighted by Crippen LogP contribution is -2.35. The fourth-order valence-corrected chi connectivity index (χ4v) is 5.95. The maximum absolute atomic E-state index is 12.6. The Morgan fingerprint density at radius 1 is 1.19 bits per heavy atom. The van der Waals surface area contributed by atoms with Crippen LogP contribution in [0.15, 0.2) is 43.1 Å². The van der Waals surface area contributed by atoms with E-state index in [0.717, 1.165) is 30.6 Å². The van der Waals surface area contributed by atoms with Gasteiger partial charge in [0, 0.05) is 49.6 Å². The normalized spacial score (nSPS) is 13.0. The lowest BCUT2D eigenvalue weighted by atomic mass is 10.0. The van der Waals surface area contributed by atoms with Crippen molar-refractivity contribution in [2.24, 2.45) is 5.73 Å². The Morgan fingerprint density at radius 3 is 2.58 bits per heavy atom. The molecule has 4 rings (SSSR count). The van der Waals surface area contributed by atoms with Crippen molar-refractivity contribution >= 4 is 67.6 Å². The molecular formula is C29H37ClN8O4S. The summed E-state index contributed by atoms with van der Waals surface area (Å²) in [6.07, 6.45) is 4.10. The Balaban J connectivity index is 1.71. The maximum Gasteiger partial charge on any atom is 0.248 e. The first-order valence-corrected chi connectivity index (χ1v) is 15.8. The number of likely N-dealkylation sites (N-methyl/N-ethyl adjacent to an activating group) is 2. The number of sulfonamides is 1. The van der Waals surface area contributed by atoms with Crippen LogP contribution in [0.3, 0.4) is 0 Å². The lowest BCUT2D eigenvalue weighted by Gasteiger charge is -2.31. The van der Waals surface area contributed by atoms with Gasteiger partial charge in [0.2, 0.25) is 21.9 Å². The average molecular weight is 629 g/mol. The molecule has 4 N–H and O–H groups in total. The number of amides is 1. The molecule has 14 heteroatoms. The van der Waals surface area contributed by atoms with Gasteiger partial charge in [-0.15, -0.1) is 0 Å². The highest BCUT2D eigenvalue weighted by atomic mass is 35.5.